The van der Waals surface area contributed by atoms with Gasteiger partial charge in [-0.3, -0.25) is 0 Å². The molecule has 0 aromatic rings. The first-order valence-corrected chi connectivity index (χ1v) is 2.20. The molecule has 0 rings (SSSR count). The SMILES string of the molecule is C[C](=O)[Ga]. The zero-order chi connectivity index (χ0) is 3.58. The third-order valence-electron chi connectivity index (χ3n) is 0. The molecule has 4 heavy (non-hydrogen) atoms. The predicted octanol–water partition coefficient (Wildman–Crippen LogP) is -0.299. The van der Waals surface area contributed by atoms with Crippen molar-refractivity contribution in [2.45, 2.75) is 6.92 Å². The van der Waals surface area contributed by atoms with E-state index in [0.717, 1.165) is 18.6 Å². The minimum absolute atomic E-state index is 0.229. The van der Waals surface area contributed by atoms with Crippen molar-refractivity contribution in [2.24, 2.45) is 0 Å². The minimum atomic E-state index is 0.229. The van der Waals surface area contributed by atoms with E-state index in [1.54, 1.807) is 6.92 Å². The molecule has 2 heteroatoms. The van der Waals surface area contributed by atoms with E-state index in [9.17, 15) is 4.79 Å². The first kappa shape index (κ1) is 4.31. The maximum absolute atomic E-state index is 9.47. The second-order valence-corrected chi connectivity index (χ2v) is 2.32. The van der Waals surface area contributed by atoms with E-state index in [1.807, 2.05) is 0 Å². The number of rotatable bonds is 0. The summed E-state index contributed by atoms with van der Waals surface area (Å²) >= 11 is 1.16. The molecule has 0 aromatic heterocycles. The van der Waals surface area contributed by atoms with Crippen LogP contribution >= 0.6 is 0 Å². The summed E-state index contributed by atoms with van der Waals surface area (Å²) in [7, 11) is 0. The van der Waals surface area contributed by atoms with E-state index in [2.05, 4.69) is 0 Å². The van der Waals surface area contributed by atoms with Gasteiger partial charge in [0.05, 0.1) is 0 Å². The van der Waals surface area contributed by atoms with Crippen molar-refractivity contribution in [3.63, 3.8) is 0 Å². The van der Waals surface area contributed by atoms with Gasteiger partial charge in [0.15, 0.2) is 0 Å². The monoisotopic (exact) mass is 112 g/mol. The summed E-state index contributed by atoms with van der Waals surface area (Å²) in [6, 6.07) is 0. The molecular weight excluding hydrogens is 110 g/mol. The van der Waals surface area contributed by atoms with Gasteiger partial charge in [0.2, 0.25) is 0 Å². The summed E-state index contributed by atoms with van der Waals surface area (Å²) in [6.45, 7) is 1.56. The third-order valence-corrected chi connectivity index (χ3v) is 0. The molecule has 0 aliphatic carbocycles. The summed E-state index contributed by atoms with van der Waals surface area (Å²) in [6.07, 6.45) is 0. The Morgan fingerprint density at radius 1 is 2.00 bits per heavy atom. The molecule has 0 amide bonds. The number of hydrogen-bond donors (Lipinski definition) is 0. The molecule has 0 aliphatic rings. The van der Waals surface area contributed by atoms with Crippen molar-refractivity contribution in [2.75, 3.05) is 0 Å². The van der Waals surface area contributed by atoms with E-state index in [-0.39, 0.29) is 4.34 Å². The van der Waals surface area contributed by atoms with Crippen molar-refractivity contribution in [1.82, 2.24) is 0 Å². The predicted molar refractivity (Wildman–Crippen MR) is 16.4 cm³/mol. The van der Waals surface area contributed by atoms with E-state index < -0.39 is 0 Å². The normalized spacial score (nSPS) is 6.25. The van der Waals surface area contributed by atoms with Crippen LogP contribution in [-0.2, 0) is 4.79 Å². The van der Waals surface area contributed by atoms with Crippen LogP contribution in [0.25, 0.3) is 0 Å². The molecule has 0 bridgehead atoms. The second kappa shape index (κ2) is 1.61. The zero-order valence-corrected chi connectivity index (χ0v) is 4.91. The zero-order valence-electron chi connectivity index (χ0n) is 2.49. The van der Waals surface area contributed by atoms with Gasteiger partial charge in [0.1, 0.15) is 0 Å². The van der Waals surface area contributed by atoms with Crippen LogP contribution < -0.4 is 0 Å². The fourth-order valence-electron chi connectivity index (χ4n) is 0. The van der Waals surface area contributed by atoms with E-state index in [4.69, 9.17) is 0 Å². The van der Waals surface area contributed by atoms with Crippen LogP contribution in [0.2, 0.25) is 0 Å². The summed E-state index contributed by atoms with van der Waals surface area (Å²) in [5.74, 6) is 0. The average molecular weight is 113 g/mol. The Morgan fingerprint density at radius 2 is 2.00 bits per heavy atom. The van der Waals surface area contributed by atoms with Gasteiger partial charge in [-0.1, -0.05) is 0 Å². The Kier molecular flexibility index (Phi) is 1.73. The topological polar surface area (TPSA) is 17.1 Å². The standard InChI is InChI=1S/C2H3O.Ga/c1-2-3;/h1H3;. The number of carbonyl (C=O) groups is 1. The molecule has 0 aromatic carbocycles. The molecule has 0 saturated carbocycles. The van der Waals surface area contributed by atoms with E-state index in [1.165, 1.54) is 0 Å². The fraction of sp³-hybridized carbons (Fsp3) is 0.500. The van der Waals surface area contributed by atoms with Crippen LogP contribution in [0.1, 0.15) is 6.92 Å². The first-order valence-electron chi connectivity index (χ1n) is 0.993. The van der Waals surface area contributed by atoms with Crippen molar-refractivity contribution < 1.29 is 4.79 Å². The number of hydrogen-bond acceptors (Lipinski definition) is 1. The Hall–Kier alpha value is 0.306. The van der Waals surface area contributed by atoms with Gasteiger partial charge in [-0.15, -0.1) is 0 Å². The van der Waals surface area contributed by atoms with Crippen LogP contribution in [0.5, 0.6) is 0 Å². The van der Waals surface area contributed by atoms with Gasteiger partial charge in [0, 0.05) is 0 Å². The Bertz CT molecular complexity index is 29.0. The maximum atomic E-state index is 9.47. The summed E-state index contributed by atoms with van der Waals surface area (Å²) in [5.41, 5.74) is 0. The Balaban J connectivity index is 2.80. The quantitative estimate of drug-likeness (QED) is 0.394. The molecule has 0 N–H and O–H groups in total. The molecule has 2 radical (unpaired) electrons. The first-order chi connectivity index (χ1) is 1.73. The van der Waals surface area contributed by atoms with Crippen molar-refractivity contribution in [3.05, 3.63) is 0 Å². The fourth-order valence-corrected chi connectivity index (χ4v) is 0. The van der Waals surface area contributed by atoms with Gasteiger partial charge in [-0.25, -0.2) is 0 Å². The van der Waals surface area contributed by atoms with E-state index in [0.29, 0.717) is 0 Å². The van der Waals surface area contributed by atoms with Gasteiger partial charge < -0.3 is 0 Å². The summed E-state index contributed by atoms with van der Waals surface area (Å²) in [5, 5.41) is 0. The second-order valence-electron chi connectivity index (χ2n) is 0.611. The number of carbonyl (C=O) groups excluding carboxylic acids is 1. The Morgan fingerprint density at radius 3 is 2.00 bits per heavy atom. The van der Waals surface area contributed by atoms with Crippen molar-refractivity contribution >= 4 is 22.9 Å². The van der Waals surface area contributed by atoms with Crippen LogP contribution in [0.15, 0.2) is 0 Å². The Labute approximate surface area is 35.3 Å². The van der Waals surface area contributed by atoms with Gasteiger partial charge in [-0.2, -0.15) is 0 Å². The summed E-state index contributed by atoms with van der Waals surface area (Å²) < 4.78 is 0.229. The molecule has 20 valence electrons. The molecular formula is C2H3GaO. The molecule has 1 nitrogen and oxygen atoms in total. The van der Waals surface area contributed by atoms with Gasteiger partial charge in [0.25, 0.3) is 0 Å². The average Bonchev–Trinajstić information content (AvgIpc) is 0.811. The molecule has 0 heterocycles. The van der Waals surface area contributed by atoms with Gasteiger partial charge >= 0.3 is 34.7 Å². The van der Waals surface area contributed by atoms with E-state index >= 15 is 0 Å². The molecule has 0 fully saturated rings. The molecule has 0 atom stereocenters. The van der Waals surface area contributed by atoms with Crippen LogP contribution in [0.3, 0.4) is 0 Å². The molecule has 0 unspecified atom stereocenters. The molecule has 0 aliphatic heterocycles. The van der Waals surface area contributed by atoms with Gasteiger partial charge in [-0.05, 0) is 0 Å². The van der Waals surface area contributed by atoms with Crippen molar-refractivity contribution in [1.29, 1.82) is 0 Å². The van der Waals surface area contributed by atoms with Crippen LogP contribution in [0.4, 0.5) is 0 Å². The summed E-state index contributed by atoms with van der Waals surface area (Å²) in [4.78, 5) is 9.47. The molecule has 0 spiro atoms. The van der Waals surface area contributed by atoms with Crippen molar-refractivity contribution in [3.8, 4) is 0 Å². The van der Waals surface area contributed by atoms with Crippen LogP contribution in [0, 0.1) is 0 Å². The van der Waals surface area contributed by atoms with Crippen LogP contribution in [-0.4, -0.2) is 22.9 Å². The third kappa shape index (κ3) is 41.9. The molecule has 0 saturated heterocycles.